The fraction of sp³-hybridized carbons (Fsp3) is 0.333. The molecule has 156 valence electrons. The number of carbonyl (C=O) groups is 1. The number of likely N-dealkylation sites (tertiary alicyclic amines) is 1. The van der Waals surface area contributed by atoms with Crippen molar-refractivity contribution in [2.45, 2.75) is 39.3 Å². The van der Waals surface area contributed by atoms with E-state index in [9.17, 15) is 14.7 Å². The molecule has 0 aliphatic carbocycles. The Kier molecular flexibility index (Phi) is 5.59. The molecular formula is C24H26N2O4. The molecule has 1 aliphatic heterocycles. The summed E-state index contributed by atoms with van der Waals surface area (Å²) in [6.45, 7) is 5.98. The number of amides is 1. The molecule has 6 nitrogen and oxygen atoms in total. The number of piperidine rings is 1. The standard InChI is InChI=1S/C24H26N2O4/c1-15-5-3-4-6-19(15)24(29)25-18-9-11-26(12-10-18)14-17-13-22(28)30-23-16(2)21(27)8-7-20(17)23/h3-8,13,18,27H,9-12,14H2,1-2H3,(H,25,29). The number of carbonyl (C=O) groups excluding carboxylic acids is 1. The highest BCUT2D eigenvalue weighted by Gasteiger charge is 2.22. The molecule has 1 aromatic heterocycles. The van der Waals surface area contributed by atoms with Crippen LogP contribution in [-0.4, -0.2) is 35.0 Å². The minimum atomic E-state index is -0.411. The first kappa shape index (κ1) is 20.2. The summed E-state index contributed by atoms with van der Waals surface area (Å²) in [5.74, 6) is 0.0986. The number of phenols is 1. The predicted octanol–water partition coefficient (Wildman–Crippen LogP) is 3.51. The van der Waals surface area contributed by atoms with Gasteiger partial charge >= 0.3 is 5.63 Å². The van der Waals surface area contributed by atoms with E-state index in [0.29, 0.717) is 17.7 Å². The van der Waals surface area contributed by atoms with Gasteiger partial charge in [-0.1, -0.05) is 18.2 Å². The highest BCUT2D eigenvalue weighted by molar-refractivity contribution is 5.95. The van der Waals surface area contributed by atoms with E-state index in [4.69, 9.17) is 4.42 Å². The third-order valence-corrected chi connectivity index (χ3v) is 5.92. The predicted molar refractivity (Wildman–Crippen MR) is 116 cm³/mol. The Morgan fingerprint density at radius 2 is 1.90 bits per heavy atom. The van der Waals surface area contributed by atoms with Gasteiger partial charge in [0.2, 0.25) is 0 Å². The Labute approximate surface area is 175 Å². The lowest BCUT2D eigenvalue weighted by Gasteiger charge is -2.32. The Morgan fingerprint density at radius 1 is 1.17 bits per heavy atom. The van der Waals surface area contributed by atoms with Crippen molar-refractivity contribution in [3.63, 3.8) is 0 Å². The molecule has 0 atom stereocenters. The Hall–Kier alpha value is -3.12. The number of phenolic OH excluding ortho intramolecular Hbond substituents is 1. The maximum atomic E-state index is 12.6. The molecule has 1 aliphatic rings. The quantitative estimate of drug-likeness (QED) is 0.648. The zero-order chi connectivity index (χ0) is 21.3. The minimum Gasteiger partial charge on any atom is -0.508 e. The zero-order valence-corrected chi connectivity index (χ0v) is 17.3. The third kappa shape index (κ3) is 4.09. The number of rotatable bonds is 4. The van der Waals surface area contributed by atoms with Crippen molar-refractivity contribution >= 4 is 16.9 Å². The van der Waals surface area contributed by atoms with Crippen LogP contribution in [0.3, 0.4) is 0 Å². The van der Waals surface area contributed by atoms with Crippen molar-refractivity contribution < 1.29 is 14.3 Å². The van der Waals surface area contributed by atoms with Gasteiger partial charge in [0.1, 0.15) is 11.3 Å². The SMILES string of the molecule is Cc1ccccc1C(=O)NC1CCN(Cc2cc(=O)oc3c(C)c(O)ccc23)CC1. The molecule has 1 fully saturated rings. The van der Waals surface area contributed by atoms with E-state index in [1.807, 2.05) is 31.2 Å². The van der Waals surface area contributed by atoms with Crippen LogP contribution >= 0.6 is 0 Å². The van der Waals surface area contributed by atoms with Crippen LogP contribution in [0.5, 0.6) is 5.75 Å². The maximum Gasteiger partial charge on any atom is 0.336 e. The van der Waals surface area contributed by atoms with Crippen molar-refractivity contribution in [1.82, 2.24) is 10.2 Å². The number of nitrogens with zero attached hydrogens (tertiary/aromatic N) is 1. The largest absolute Gasteiger partial charge is 0.508 e. The van der Waals surface area contributed by atoms with Crippen LogP contribution in [0.1, 0.15) is 39.9 Å². The summed E-state index contributed by atoms with van der Waals surface area (Å²) in [4.78, 5) is 26.9. The van der Waals surface area contributed by atoms with Crippen LogP contribution in [-0.2, 0) is 6.54 Å². The van der Waals surface area contributed by atoms with Gasteiger partial charge in [-0.05, 0) is 56.0 Å². The second-order valence-electron chi connectivity index (χ2n) is 8.02. The van der Waals surface area contributed by atoms with Gasteiger partial charge in [0.15, 0.2) is 0 Å². The molecule has 2 aromatic carbocycles. The monoisotopic (exact) mass is 406 g/mol. The number of hydrogen-bond acceptors (Lipinski definition) is 5. The maximum absolute atomic E-state index is 12.6. The number of nitrogens with one attached hydrogen (secondary N) is 1. The average Bonchev–Trinajstić information content (AvgIpc) is 2.73. The summed E-state index contributed by atoms with van der Waals surface area (Å²) in [7, 11) is 0. The van der Waals surface area contributed by atoms with E-state index in [-0.39, 0.29) is 17.7 Å². The molecule has 0 bridgehead atoms. The number of benzene rings is 2. The first-order chi connectivity index (χ1) is 14.4. The molecular weight excluding hydrogens is 380 g/mol. The molecule has 2 N–H and O–H groups in total. The first-order valence-electron chi connectivity index (χ1n) is 10.3. The van der Waals surface area contributed by atoms with Crippen LogP contribution < -0.4 is 10.9 Å². The van der Waals surface area contributed by atoms with Crippen molar-refractivity contribution in [1.29, 1.82) is 0 Å². The Balaban J connectivity index is 1.42. The van der Waals surface area contributed by atoms with Crippen LogP contribution in [0.25, 0.3) is 11.0 Å². The van der Waals surface area contributed by atoms with Crippen LogP contribution in [0.4, 0.5) is 0 Å². The molecule has 3 aromatic rings. The molecule has 0 radical (unpaired) electrons. The number of hydrogen-bond donors (Lipinski definition) is 2. The fourth-order valence-corrected chi connectivity index (χ4v) is 4.11. The van der Waals surface area contributed by atoms with Gasteiger partial charge in [-0.2, -0.15) is 0 Å². The summed E-state index contributed by atoms with van der Waals surface area (Å²) in [5.41, 5.74) is 3.20. The second-order valence-corrected chi connectivity index (χ2v) is 8.02. The van der Waals surface area contributed by atoms with Crippen molar-refractivity contribution in [3.8, 4) is 5.75 Å². The van der Waals surface area contributed by atoms with Gasteiger partial charge in [0, 0.05) is 48.3 Å². The van der Waals surface area contributed by atoms with Crippen LogP contribution in [0, 0.1) is 13.8 Å². The Bertz CT molecular complexity index is 1140. The summed E-state index contributed by atoms with van der Waals surface area (Å²) < 4.78 is 5.33. The average molecular weight is 406 g/mol. The van der Waals surface area contributed by atoms with E-state index >= 15 is 0 Å². The minimum absolute atomic E-state index is 0.0199. The van der Waals surface area contributed by atoms with Crippen LogP contribution in [0.15, 0.2) is 51.7 Å². The fourth-order valence-electron chi connectivity index (χ4n) is 4.11. The molecule has 1 saturated heterocycles. The number of aryl methyl sites for hydroxylation is 2. The van der Waals surface area contributed by atoms with Gasteiger partial charge in [-0.25, -0.2) is 4.79 Å². The van der Waals surface area contributed by atoms with E-state index in [2.05, 4.69) is 10.2 Å². The molecule has 0 unspecified atom stereocenters. The smallest absolute Gasteiger partial charge is 0.336 e. The lowest BCUT2D eigenvalue weighted by atomic mass is 10.0. The molecule has 30 heavy (non-hydrogen) atoms. The zero-order valence-electron chi connectivity index (χ0n) is 17.3. The van der Waals surface area contributed by atoms with Crippen LogP contribution in [0.2, 0.25) is 0 Å². The highest BCUT2D eigenvalue weighted by atomic mass is 16.4. The number of fused-ring (bicyclic) bond motifs is 1. The summed E-state index contributed by atoms with van der Waals surface area (Å²) >= 11 is 0. The molecule has 6 heteroatoms. The first-order valence-corrected chi connectivity index (χ1v) is 10.3. The number of aromatic hydroxyl groups is 1. The van der Waals surface area contributed by atoms with Crippen molar-refractivity contribution in [2.24, 2.45) is 0 Å². The van der Waals surface area contributed by atoms with E-state index in [0.717, 1.165) is 48.0 Å². The Morgan fingerprint density at radius 3 is 2.63 bits per heavy atom. The molecule has 4 rings (SSSR count). The second kappa shape index (κ2) is 8.32. The van der Waals surface area contributed by atoms with Gasteiger partial charge in [0.05, 0.1) is 0 Å². The van der Waals surface area contributed by atoms with E-state index in [1.54, 1.807) is 19.1 Å². The van der Waals surface area contributed by atoms with Gasteiger partial charge in [-0.3, -0.25) is 9.69 Å². The third-order valence-electron chi connectivity index (χ3n) is 5.92. The molecule has 0 saturated carbocycles. The molecule has 1 amide bonds. The van der Waals surface area contributed by atoms with Gasteiger partial charge in [-0.15, -0.1) is 0 Å². The lowest BCUT2D eigenvalue weighted by Crippen LogP contribution is -2.44. The lowest BCUT2D eigenvalue weighted by molar-refractivity contribution is 0.0908. The summed E-state index contributed by atoms with van der Waals surface area (Å²) in [6.07, 6.45) is 1.72. The topological polar surface area (TPSA) is 82.8 Å². The van der Waals surface area contributed by atoms with Crippen molar-refractivity contribution in [3.05, 3.63) is 75.1 Å². The molecule has 0 spiro atoms. The highest BCUT2D eigenvalue weighted by Crippen LogP contribution is 2.28. The summed E-state index contributed by atoms with van der Waals surface area (Å²) in [5, 5.41) is 13.9. The summed E-state index contributed by atoms with van der Waals surface area (Å²) in [6, 6.07) is 12.7. The molecule has 2 heterocycles. The van der Waals surface area contributed by atoms with Gasteiger partial charge < -0.3 is 14.8 Å². The normalized spacial score (nSPS) is 15.4. The van der Waals surface area contributed by atoms with E-state index in [1.165, 1.54) is 6.07 Å². The van der Waals surface area contributed by atoms with E-state index < -0.39 is 5.63 Å². The van der Waals surface area contributed by atoms with Gasteiger partial charge in [0.25, 0.3) is 5.91 Å². The van der Waals surface area contributed by atoms with Crippen molar-refractivity contribution in [2.75, 3.05) is 13.1 Å².